The highest BCUT2D eigenvalue weighted by Crippen LogP contribution is 2.39. The molecule has 0 bridgehead atoms. The van der Waals surface area contributed by atoms with Crippen molar-refractivity contribution in [1.82, 2.24) is 3.97 Å². The Kier molecular flexibility index (Phi) is 4.37. The SMILES string of the molecule is Cc1ccc(S(=O)(=O)n2c3c(c4cc(Cl)c(Cl)cc42)CCC(C)C3=O)cc1. The molecule has 0 aliphatic heterocycles. The van der Waals surface area contributed by atoms with E-state index in [0.717, 1.165) is 15.1 Å². The van der Waals surface area contributed by atoms with Gasteiger partial charge in [0, 0.05) is 11.3 Å². The number of Topliss-reactive ketones (excluding diaryl/α,β-unsaturated/α-hetero) is 1. The standard InChI is InChI=1S/C20H17Cl2NO3S/c1-11-3-6-13(7-4-11)27(25,26)23-18-10-17(22)16(21)9-15(18)14-8-5-12(2)20(24)19(14)23/h3-4,6-7,9-10,12H,5,8H2,1-2H3. The van der Waals surface area contributed by atoms with Crippen LogP contribution in [0.1, 0.15) is 35.0 Å². The quantitative estimate of drug-likeness (QED) is 0.566. The zero-order chi connectivity index (χ0) is 19.5. The maximum atomic E-state index is 13.5. The van der Waals surface area contributed by atoms with Crippen LogP contribution in [-0.4, -0.2) is 18.2 Å². The lowest BCUT2D eigenvalue weighted by Crippen LogP contribution is -2.26. The van der Waals surface area contributed by atoms with E-state index in [4.69, 9.17) is 23.2 Å². The first kappa shape index (κ1) is 18.5. The Morgan fingerprint density at radius 2 is 1.70 bits per heavy atom. The largest absolute Gasteiger partial charge is 0.292 e. The lowest BCUT2D eigenvalue weighted by molar-refractivity contribution is 0.0907. The maximum absolute atomic E-state index is 13.5. The van der Waals surface area contributed by atoms with Gasteiger partial charge in [-0.15, -0.1) is 0 Å². The van der Waals surface area contributed by atoms with E-state index in [9.17, 15) is 13.2 Å². The Morgan fingerprint density at radius 1 is 1.07 bits per heavy atom. The van der Waals surface area contributed by atoms with Crippen molar-refractivity contribution < 1.29 is 13.2 Å². The summed E-state index contributed by atoms with van der Waals surface area (Å²) in [6.07, 6.45) is 1.29. The summed E-state index contributed by atoms with van der Waals surface area (Å²) in [5.41, 5.74) is 2.29. The Bertz CT molecular complexity index is 1190. The molecule has 0 saturated heterocycles. The van der Waals surface area contributed by atoms with Crippen LogP contribution in [0.5, 0.6) is 0 Å². The van der Waals surface area contributed by atoms with Gasteiger partial charge in [0.15, 0.2) is 5.78 Å². The summed E-state index contributed by atoms with van der Waals surface area (Å²) in [4.78, 5) is 13.1. The Balaban J connectivity index is 2.12. The van der Waals surface area contributed by atoms with E-state index in [2.05, 4.69) is 0 Å². The fraction of sp³-hybridized carbons (Fsp3) is 0.250. The first-order valence-electron chi connectivity index (χ1n) is 8.60. The number of carbonyl (C=O) groups is 1. The number of fused-ring (bicyclic) bond motifs is 3. The minimum absolute atomic E-state index is 0.130. The molecule has 0 N–H and O–H groups in total. The molecule has 4 rings (SSSR count). The summed E-state index contributed by atoms with van der Waals surface area (Å²) in [6.45, 7) is 3.71. The molecule has 1 aliphatic rings. The molecule has 1 aliphatic carbocycles. The van der Waals surface area contributed by atoms with Crippen LogP contribution in [0.25, 0.3) is 10.9 Å². The van der Waals surface area contributed by atoms with Crippen LogP contribution >= 0.6 is 23.2 Å². The first-order chi connectivity index (χ1) is 12.7. The summed E-state index contributed by atoms with van der Waals surface area (Å²) in [7, 11) is -3.97. The molecule has 0 spiro atoms. The molecule has 0 fully saturated rings. The highest BCUT2D eigenvalue weighted by molar-refractivity contribution is 7.90. The van der Waals surface area contributed by atoms with Crippen LogP contribution in [0.15, 0.2) is 41.3 Å². The van der Waals surface area contributed by atoms with Gasteiger partial charge in [0.05, 0.1) is 20.5 Å². The number of nitrogens with zero attached hydrogens (tertiary/aromatic N) is 1. The molecule has 1 heterocycles. The number of benzene rings is 2. The summed E-state index contributed by atoms with van der Waals surface area (Å²) < 4.78 is 28.1. The van der Waals surface area contributed by atoms with Crippen LogP contribution in [0, 0.1) is 12.8 Å². The number of hydrogen-bond donors (Lipinski definition) is 0. The second-order valence-corrected chi connectivity index (χ2v) is 9.60. The average Bonchev–Trinajstić information content (AvgIpc) is 2.94. The second kappa shape index (κ2) is 6.36. The van der Waals surface area contributed by atoms with Gasteiger partial charge in [0.2, 0.25) is 0 Å². The van der Waals surface area contributed by atoms with Crippen LogP contribution in [-0.2, 0) is 16.4 Å². The van der Waals surface area contributed by atoms with Crippen molar-refractivity contribution >= 4 is 49.9 Å². The third kappa shape index (κ3) is 2.80. The van der Waals surface area contributed by atoms with Crippen molar-refractivity contribution in [3.05, 3.63) is 63.3 Å². The lowest BCUT2D eigenvalue weighted by Gasteiger charge is -2.20. The highest BCUT2D eigenvalue weighted by atomic mass is 35.5. The molecule has 27 heavy (non-hydrogen) atoms. The Morgan fingerprint density at radius 3 is 2.37 bits per heavy atom. The van der Waals surface area contributed by atoms with Gasteiger partial charge >= 0.3 is 0 Å². The molecule has 140 valence electrons. The van der Waals surface area contributed by atoms with Crippen LogP contribution < -0.4 is 0 Å². The summed E-state index contributed by atoms with van der Waals surface area (Å²) >= 11 is 12.4. The number of hydrogen-bond acceptors (Lipinski definition) is 3. The predicted octanol–water partition coefficient (Wildman–Crippen LogP) is 5.26. The van der Waals surface area contributed by atoms with E-state index in [-0.39, 0.29) is 27.3 Å². The molecular formula is C20H17Cl2NO3S. The average molecular weight is 422 g/mol. The summed E-state index contributed by atoms with van der Waals surface area (Å²) in [6, 6.07) is 9.76. The van der Waals surface area contributed by atoms with Gasteiger partial charge in [-0.2, -0.15) is 0 Å². The minimum atomic E-state index is -3.97. The van der Waals surface area contributed by atoms with Crippen LogP contribution in [0.3, 0.4) is 0 Å². The smallest absolute Gasteiger partial charge is 0.268 e. The molecule has 4 nitrogen and oxygen atoms in total. The molecule has 0 saturated carbocycles. The minimum Gasteiger partial charge on any atom is -0.292 e. The maximum Gasteiger partial charge on any atom is 0.268 e. The van der Waals surface area contributed by atoms with Gasteiger partial charge in [-0.3, -0.25) is 4.79 Å². The van der Waals surface area contributed by atoms with E-state index < -0.39 is 10.0 Å². The van der Waals surface area contributed by atoms with Gasteiger partial charge < -0.3 is 0 Å². The molecule has 3 aromatic rings. The van der Waals surface area contributed by atoms with Crippen molar-refractivity contribution in [2.24, 2.45) is 5.92 Å². The second-order valence-electron chi connectivity index (χ2n) is 7.00. The molecule has 0 radical (unpaired) electrons. The molecule has 7 heteroatoms. The van der Waals surface area contributed by atoms with E-state index in [1.807, 2.05) is 13.8 Å². The van der Waals surface area contributed by atoms with E-state index in [0.29, 0.717) is 28.8 Å². The van der Waals surface area contributed by atoms with Crippen molar-refractivity contribution in [2.45, 2.75) is 31.6 Å². The van der Waals surface area contributed by atoms with Crippen LogP contribution in [0.4, 0.5) is 0 Å². The highest BCUT2D eigenvalue weighted by Gasteiger charge is 2.35. The first-order valence-corrected chi connectivity index (χ1v) is 10.8. The fourth-order valence-corrected chi connectivity index (χ4v) is 5.47. The van der Waals surface area contributed by atoms with Gasteiger partial charge in [-0.25, -0.2) is 12.4 Å². The number of carbonyl (C=O) groups excluding carboxylic acids is 1. The monoisotopic (exact) mass is 421 g/mol. The van der Waals surface area contributed by atoms with Gasteiger partial charge in [-0.05, 0) is 49.6 Å². The molecule has 1 atom stereocenters. The third-order valence-electron chi connectivity index (χ3n) is 5.14. The van der Waals surface area contributed by atoms with E-state index >= 15 is 0 Å². The molecule has 1 aromatic heterocycles. The normalized spacial score (nSPS) is 17.3. The zero-order valence-corrected chi connectivity index (χ0v) is 17.1. The summed E-state index contributed by atoms with van der Waals surface area (Å²) in [5, 5.41) is 1.25. The van der Waals surface area contributed by atoms with Gasteiger partial charge in [0.25, 0.3) is 10.0 Å². The number of ketones is 1. The molecule has 1 unspecified atom stereocenters. The van der Waals surface area contributed by atoms with Gasteiger partial charge in [0.1, 0.15) is 5.69 Å². The predicted molar refractivity (Wildman–Crippen MR) is 108 cm³/mol. The lowest BCUT2D eigenvalue weighted by atomic mass is 9.87. The number of rotatable bonds is 2. The zero-order valence-electron chi connectivity index (χ0n) is 14.8. The van der Waals surface area contributed by atoms with Crippen molar-refractivity contribution in [3.63, 3.8) is 0 Å². The summed E-state index contributed by atoms with van der Waals surface area (Å²) in [5.74, 6) is -0.407. The topological polar surface area (TPSA) is 56.1 Å². The molecule has 2 aromatic carbocycles. The fourth-order valence-electron chi connectivity index (χ4n) is 3.61. The van der Waals surface area contributed by atoms with E-state index in [1.165, 1.54) is 6.07 Å². The third-order valence-corrected chi connectivity index (χ3v) is 7.59. The molecular weight excluding hydrogens is 405 g/mol. The Hall–Kier alpha value is -1.82. The van der Waals surface area contributed by atoms with Gasteiger partial charge in [-0.1, -0.05) is 47.8 Å². The van der Waals surface area contributed by atoms with Crippen molar-refractivity contribution in [1.29, 1.82) is 0 Å². The number of aryl methyl sites for hydroxylation is 2. The van der Waals surface area contributed by atoms with E-state index in [1.54, 1.807) is 30.3 Å². The Labute approximate surface area is 167 Å². The number of aromatic nitrogens is 1. The van der Waals surface area contributed by atoms with Crippen molar-refractivity contribution in [2.75, 3.05) is 0 Å². The van der Waals surface area contributed by atoms with Crippen molar-refractivity contribution in [3.8, 4) is 0 Å². The van der Waals surface area contributed by atoms with Crippen LogP contribution in [0.2, 0.25) is 10.0 Å². The molecule has 0 amide bonds. The number of halogens is 2.